The molecule has 4 N–H and O–H groups in total. The molecule has 11 heteroatoms. The second kappa shape index (κ2) is 10.5. The van der Waals surface area contributed by atoms with Crippen molar-refractivity contribution >= 4 is 46.6 Å². The first-order valence-electron chi connectivity index (χ1n) is 9.83. The van der Waals surface area contributed by atoms with Gasteiger partial charge in [-0.2, -0.15) is 0 Å². The first-order valence-corrected chi connectivity index (χ1v) is 10.7. The van der Waals surface area contributed by atoms with Crippen molar-refractivity contribution in [3.8, 4) is 5.75 Å². The number of carbonyl (C=O) groups excluding carboxylic acids is 2. The monoisotopic (exact) mass is 481 g/mol. The second-order valence-electron chi connectivity index (χ2n) is 7.07. The molecule has 1 unspecified atom stereocenters. The maximum atomic E-state index is 12.5. The van der Waals surface area contributed by atoms with Gasteiger partial charge in [0, 0.05) is 34.0 Å². The van der Waals surface area contributed by atoms with Crippen LogP contribution >= 0.6 is 11.8 Å². The number of aromatic carboxylic acids is 1. The second-order valence-corrected chi connectivity index (χ2v) is 8.49. The van der Waals surface area contributed by atoms with Gasteiger partial charge < -0.3 is 20.8 Å². The Bertz CT molecular complexity index is 1260. The van der Waals surface area contributed by atoms with E-state index < -0.39 is 27.8 Å². The number of non-ortho nitro benzene ring substituents is 1. The van der Waals surface area contributed by atoms with Gasteiger partial charge in [0.05, 0.1) is 10.2 Å². The van der Waals surface area contributed by atoms with E-state index in [9.17, 15) is 29.6 Å². The molecule has 0 aliphatic rings. The lowest BCUT2D eigenvalue weighted by molar-refractivity contribution is -0.384. The number of phenols is 1. The average Bonchev–Trinajstić information content (AvgIpc) is 2.80. The summed E-state index contributed by atoms with van der Waals surface area (Å²) in [5.41, 5.74) is 0.525. The molecule has 0 bridgehead atoms. The largest absolute Gasteiger partial charge is 0.507 e. The van der Waals surface area contributed by atoms with Gasteiger partial charge in [0.15, 0.2) is 0 Å². The van der Waals surface area contributed by atoms with Crippen LogP contribution < -0.4 is 10.6 Å². The van der Waals surface area contributed by atoms with Gasteiger partial charge in [-0.3, -0.25) is 19.7 Å². The molecule has 3 rings (SSSR count). The average molecular weight is 481 g/mol. The van der Waals surface area contributed by atoms with Crippen LogP contribution in [-0.2, 0) is 4.79 Å². The van der Waals surface area contributed by atoms with Crippen LogP contribution in [0.5, 0.6) is 5.75 Å². The molecule has 0 spiro atoms. The van der Waals surface area contributed by atoms with Crippen LogP contribution in [-0.4, -0.2) is 38.2 Å². The standard InChI is InChI=1S/C23H19N3O7S/c1-13(21(28)24-16-7-10-20(27)19(12-16)23(30)31)34-18-4-2-3-15(11-18)25-22(29)14-5-8-17(9-6-14)26(32)33/h2-13,27H,1H3,(H,24,28)(H,25,29)(H,30,31). The number of amides is 2. The molecule has 0 saturated carbocycles. The summed E-state index contributed by atoms with van der Waals surface area (Å²) < 4.78 is 0. The normalized spacial score (nSPS) is 11.3. The number of nitrogens with one attached hydrogen (secondary N) is 2. The van der Waals surface area contributed by atoms with E-state index in [0.717, 1.165) is 0 Å². The Morgan fingerprint density at radius 3 is 2.29 bits per heavy atom. The van der Waals surface area contributed by atoms with Gasteiger partial charge in [0.25, 0.3) is 11.6 Å². The molecule has 0 radical (unpaired) electrons. The molecule has 3 aromatic carbocycles. The number of thioether (sulfide) groups is 1. The van der Waals surface area contributed by atoms with E-state index in [2.05, 4.69) is 10.6 Å². The van der Waals surface area contributed by atoms with E-state index in [1.54, 1.807) is 31.2 Å². The molecule has 2 amide bonds. The summed E-state index contributed by atoms with van der Waals surface area (Å²) in [5, 5.41) is 34.2. The van der Waals surface area contributed by atoms with Crippen molar-refractivity contribution in [2.24, 2.45) is 0 Å². The zero-order valence-corrected chi connectivity index (χ0v) is 18.5. The number of nitro groups is 1. The molecular formula is C23H19N3O7S. The van der Waals surface area contributed by atoms with Crippen LogP contribution in [0.4, 0.5) is 17.1 Å². The summed E-state index contributed by atoms with van der Waals surface area (Å²) in [5.74, 6) is -2.54. The minimum absolute atomic E-state index is 0.117. The topological polar surface area (TPSA) is 159 Å². The van der Waals surface area contributed by atoms with Crippen LogP contribution in [0.1, 0.15) is 27.6 Å². The Kier molecular flexibility index (Phi) is 7.49. The highest BCUT2D eigenvalue weighted by Crippen LogP contribution is 2.28. The summed E-state index contributed by atoms with van der Waals surface area (Å²) in [6, 6.07) is 15.8. The molecule has 0 saturated heterocycles. The quantitative estimate of drug-likeness (QED) is 0.160. The highest BCUT2D eigenvalue weighted by Gasteiger charge is 2.17. The number of benzene rings is 3. The predicted octanol–water partition coefficient (Wildman–Crippen LogP) is 4.37. The van der Waals surface area contributed by atoms with Gasteiger partial charge in [-0.1, -0.05) is 6.07 Å². The number of nitrogens with zero attached hydrogens (tertiary/aromatic N) is 1. The molecular weight excluding hydrogens is 462 g/mol. The maximum absolute atomic E-state index is 12.5. The molecule has 10 nitrogen and oxygen atoms in total. The van der Waals surface area contributed by atoms with Crippen molar-refractivity contribution in [1.29, 1.82) is 0 Å². The number of hydrogen-bond donors (Lipinski definition) is 4. The van der Waals surface area contributed by atoms with E-state index in [1.165, 1.54) is 54.2 Å². The lowest BCUT2D eigenvalue weighted by Gasteiger charge is -2.13. The fourth-order valence-electron chi connectivity index (χ4n) is 2.87. The number of carbonyl (C=O) groups is 3. The third-order valence-corrected chi connectivity index (χ3v) is 5.70. The van der Waals surface area contributed by atoms with Gasteiger partial charge in [-0.25, -0.2) is 4.79 Å². The number of aromatic hydroxyl groups is 1. The molecule has 174 valence electrons. The number of carboxylic acids is 1. The minimum atomic E-state index is -1.32. The highest BCUT2D eigenvalue weighted by atomic mass is 32.2. The smallest absolute Gasteiger partial charge is 0.339 e. The fourth-order valence-corrected chi connectivity index (χ4v) is 3.80. The Hall–Kier alpha value is -4.38. The molecule has 0 aliphatic carbocycles. The van der Waals surface area contributed by atoms with Crippen molar-refractivity contribution in [1.82, 2.24) is 0 Å². The van der Waals surface area contributed by atoms with E-state index in [-0.39, 0.29) is 28.4 Å². The van der Waals surface area contributed by atoms with Gasteiger partial charge in [0.1, 0.15) is 11.3 Å². The molecule has 1 atom stereocenters. The van der Waals surface area contributed by atoms with Gasteiger partial charge in [0.2, 0.25) is 5.91 Å². The summed E-state index contributed by atoms with van der Waals surface area (Å²) in [6.45, 7) is 1.67. The van der Waals surface area contributed by atoms with Crippen molar-refractivity contribution in [3.63, 3.8) is 0 Å². The Labute approximate surface area is 197 Å². The first kappa shape index (κ1) is 24.3. The molecule has 0 heterocycles. The number of carboxylic acid groups (broad SMARTS) is 1. The number of hydrogen-bond acceptors (Lipinski definition) is 7. The first-order chi connectivity index (χ1) is 16.1. The predicted molar refractivity (Wildman–Crippen MR) is 127 cm³/mol. The summed E-state index contributed by atoms with van der Waals surface area (Å²) in [7, 11) is 0. The lowest BCUT2D eigenvalue weighted by atomic mass is 10.2. The van der Waals surface area contributed by atoms with Crippen molar-refractivity contribution in [2.45, 2.75) is 17.1 Å². The van der Waals surface area contributed by atoms with Crippen LogP contribution in [0.3, 0.4) is 0 Å². The maximum Gasteiger partial charge on any atom is 0.339 e. The van der Waals surface area contributed by atoms with Crippen LogP contribution in [0.15, 0.2) is 71.6 Å². The zero-order chi connectivity index (χ0) is 24.8. The SMILES string of the molecule is CC(Sc1cccc(NC(=O)c2ccc([N+](=O)[O-])cc2)c1)C(=O)Nc1ccc(O)c(C(=O)O)c1. The van der Waals surface area contributed by atoms with Crippen LogP contribution in [0.2, 0.25) is 0 Å². The molecule has 3 aromatic rings. The summed E-state index contributed by atoms with van der Waals surface area (Å²) >= 11 is 1.22. The molecule has 0 aromatic heterocycles. The summed E-state index contributed by atoms with van der Waals surface area (Å²) in [6.07, 6.45) is 0. The Morgan fingerprint density at radius 2 is 1.65 bits per heavy atom. The third kappa shape index (κ3) is 6.11. The molecule has 0 aliphatic heterocycles. The number of nitro benzene ring substituents is 1. The zero-order valence-electron chi connectivity index (χ0n) is 17.7. The van der Waals surface area contributed by atoms with E-state index in [0.29, 0.717) is 10.6 Å². The van der Waals surface area contributed by atoms with Gasteiger partial charge in [-0.05, 0) is 55.5 Å². The van der Waals surface area contributed by atoms with Crippen molar-refractivity contribution in [2.75, 3.05) is 10.6 Å². The van der Waals surface area contributed by atoms with Gasteiger partial charge in [-0.15, -0.1) is 11.8 Å². The fraction of sp³-hybridized carbons (Fsp3) is 0.0870. The minimum Gasteiger partial charge on any atom is -0.507 e. The highest BCUT2D eigenvalue weighted by molar-refractivity contribution is 8.00. The Morgan fingerprint density at radius 1 is 0.971 bits per heavy atom. The molecule has 0 fully saturated rings. The van der Waals surface area contributed by atoms with Crippen LogP contribution in [0.25, 0.3) is 0 Å². The lowest BCUT2D eigenvalue weighted by Crippen LogP contribution is -2.22. The Balaban J connectivity index is 1.63. The van der Waals surface area contributed by atoms with E-state index >= 15 is 0 Å². The van der Waals surface area contributed by atoms with E-state index in [1.807, 2.05) is 0 Å². The summed E-state index contributed by atoms with van der Waals surface area (Å²) in [4.78, 5) is 47.0. The third-order valence-electron chi connectivity index (χ3n) is 4.61. The van der Waals surface area contributed by atoms with Crippen molar-refractivity contribution in [3.05, 3.63) is 88.0 Å². The molecule has 34 heavy (non-hydrogen) atoms. The number of anilines is 2. The number of rotatable bonds is 8. The van der Waals surface area contributed by atoms with Crippen molar-refractivity contribution < 1.29 is 29.5 Å². The van der Waals surface area contributed by atoms with Crippen LogP contribution in [0, 0.1) is 10.1 Å². The van der Waals surface area contributed by atoms with Gasteiger partial charge >= 0.3 is 5.97 Å². The van der Waals surface area contributed by atoms with E-state index in [4.69, 9.17) is 5.11 Å².